The third kappa shape index (κ3) is 2.48. The molecule has 0 bridgehead atoms. The van der Waals surface area contributed by atoms with Gasteiger partial charge < -0.3 is 5.32 Å². The summed E-state index contributed by atoms with van der Waals surface area (Å²) in [6, 6.07) is 0. The zero-order valence-electron chi connectivity index (χ0n) is 7.86. The van der Waals surface area contributed by atoms with Crippen molar-refractivity contribution in [3.8, 4) is 0 Å². The van der Waals surface area contributed by atoms with Crippen molar-refractivity contribution >= 4 is 11.8 Å². The normalized spacial score (nSPS) is 19.2. The summed E-state index contributed by atoms with van der Waals surface area (Å²) in [6.07, 6.45) is 6.60. The molecule has 0 aliphatic carbocycles. The molecular formula is C9H15N3S. The highest BCUT2D eigenvalue weighted by molar-refractivity contribution is 8.00. The molecule has 0 atom stereocenters. The van der Waals surface area contributed by atoms with Gasteiger partial charge in [-0.3, -0.25) is 4.68 Å². The first-order valence-electron chi connectivity index (χ1n) is 4.70. The van der Waals surface area contributed by atoms with Crippen LogP contribution in [0.15, 0.2) is 17.3 Å². The van der Waals surface area contributed by atoms with Crippen LogP contribution in [0.2, 0.25) is 0 Å². The molecule has 1 aliphatic heterocycles. The molecule has 0 spiro atoms. The number of nitrogens with one attached hydrogen (secondary N) is 1. The first-order chi connectivity index (χ1) is 6.34. The molecule has 72 valence electrons. The van der Waals surface area contributed by atoms with Crippen molar-refractivity contribution in [2.75, 3.05) is 13.1 Å². The SMILES string of the molecule is Cn1cc(SC2CCNCC2)cn1. The number of thioether (sulfide) groups is 1. The minimum Gasteiger partial charge on any atom is -0.317 e. The highest BCUT2D eigenvalue weighted by atomic mass is 32.2. The van der Waals surface area contributed by atoms with Crippen molar-refractivity contribution in [1.29, 1.82) is 0 Å². The molecule has 0 saturated carbocycles. The maximum atomic E-state index is 4.16. The predicted octanol–water partition coefficient (Wildman–Crippen LogP) is 1.26. The van der Waals surface area contributed by atoms with Crippen LogP contribution in [0, 0.1) is 0 Å². The molecule has 1 aromatic rings. The molecule has 13 heavy (non-hydrogen) atoms. The first-order valence-corrected chi connectivity index (χ1v) is 5.58. The number of piperidine rings is 1. The second-order valence-corrected chi connectivity index (χ2v) is 4.79. The lowest BCUT2D eigenvalue weighted by atomic mass is 10.2. The highest BCUT2D eigenvalue weighted by Gasteiger charge is 2.14. The predicted molar refractivity (Wildman–Crippen MR) is 55.0 cm³/mol. The van der Waals surface area contributed by atoms with Crippen LogP contribution in [-0.4, -0.2) is 28.1 Å². The Labute approximate surface area is 82.9 Å². The summed E-state index contributed by atoms with van der Waals surface area (Å²) in [5, 5.41) is 8.32. The lowest BCUT2D eigenvalue weighted by Gasteiger charge is -2.21. The van der Waals surface area contributed by atoms with E-state index in [1.165, 1.54) is 17.7 Å². The van der Waals surface area contributed by atoms with Gasteiger partial charge in [0.15, 0.2) is 0 Å². The van der Waals surface area contributed by atoms with Gasteiger partial charge in [0.25, 0.3) is 0 Å². The molecule has 2 rings (SSSR count). The molecule has 3 nitrogen and oxygen atoms in total. The van der Waals surface area contributed by atoms with Crippen LogP contribution >= 0.6 is 11.8 Å². The smallest absolute Gasteiger partial charge is 0.0625 e. The average Bonchev–Trinajstić information content (AvgIpc) is 2.53. The van der Waals surface area contributed by atoms with E-state index in [1.54, 1.807) is 0 Å². The Balaban J connectivity index is 1.89. The maximum absolute atomic E-state index is 4.16. The molecule has 2 heterocycles. The molecule has 1 saturated heterocycles. The van der Waals surface area contributed by atoms with Crippen molar-refractivity contribution in [1.82, 2.24) is 15.1 Å². The van der Waals surface area contributed by atoms with E-state index >= 15 is 0 Å². The Kier molecular flexibility index (Phi) is 2.90. The molecule has 1 aromatic heterocycles. The Bertz CT molecular complexity index is 266. The summed E-state index contributed by atoms with van der Waals surface area (Å²) in [4.78, 5) is 1.30. The van der Waals surface area contributed by atoms with E-state index in [9.17, 15) is 0 Å². The molecule has 0 unspecified atom stereocenters. The van der Waals surface area contributed by atoms with Crippen LogP contribution < -0.4 is 5.32 Å². The number of hydrogen-bond acceptors (Lipinski definition) is 3. The number of aromatic nitrogens is 2. The van der Waals surface area contributed by atoms with Gasteiger partial charge in [0.2, 0.25) is 0 Å². The zero-order chi connectivity index (χ0) is 9.10. The van der Waals surface area contributed by atoms with Gasteiger partial charge in [-0.25, -0.2) is 0 Å². The summed E-state index contributed by atoms with van der Waals surface area (Å²) in [7, 11) is 1.96. The molecular weight excluding hydrogens is 182 g/mol. The lowest BCUT2D eigenvalue weighted by Crippen LogP contribution is -2.29. The maximum Gasteiger partial charge on any atom is 0.0625 e. The fourth-order valence-corrected chi connectivity index (χ4v) is 2.74. The summed E-state index contributed by atoms with van der Waals surface area (Å²) in [5.41, 5.74) is 0. The van der Waals surface area contributed by atoms with Crippen molar-refractivity contribution in [2.24, 2.45) is 7.05 Å². The minimum atomic E-state index is 0.783. The molecule has 0 aromatic carbocycles. The second-order valence-electron chi connectivity index (χ2n) is 3.42. The minimum absolute atomic E-state index is 0.783. The van der Waals surface area contributed by atoms with E-state index in [0.717, 1.165) is 18.3 Å². The fraction of sp³-hybridized carbons (Fsp3) is 0.667. The van der Waals surface area contributed by atoms with Gasteiger partial charge in [0, 0.05) is 23.4 Å². The number of hydrogen-bond donors (Lipinski definition) is 1. The van der Waals surface area contributed by atoms with Gasteiger partial charge in [-0.15, -0.1) is 11.8 Å². The number of aryl methyl sites for hydroxylation is 1. The molecule has 0 amide bonds. The molecule has 1 N–H and O–H groups in total. The summed E-state index contributed by atoms with van der Waals surface area (Å²) < 4.78 is 1.86. The van der Waals surface area contributed by atoms with Gasteiger partial charge in [0.1, 0.15) is 0 Å². The van der Waals surface area contributed by atoms with E-state index in [1.807, 2.05) is 29.7 Å². The summed E-state index contributed by atoms with van der Waals surface area (Å²) >= 11 is 1.96. The highest BCUT2D eigenvalue weighted by Crippen LogP contribution is 2.27. The average molecular weight is 197 g/mol. The van der Waals surface area contributed by atoms with Gasteiger partial charge in [-0.1, -0.05) is 0 Å². The van der Waals surface area contributed by atoms with E-state index in [0.29, 0.717) is 0 Å². The lowest BCUT2D eigenvalue weighted by molar-refractivity contribution is 0.531. The van der Waals surface area contributed by atoms with E-state index in [-0.39, 0.29) is 0 Å². The number of rotatable bonds is 2. The molecule has 1 aliphatic rings. The third-order valence-electron chi connectivity index (χ3n) is 2.27. The fourth-order valence-electron chi connectivity index (χ4n) is 1.57. The summed E-state index contributed by atoms with van der Waals surface area (Å²) in [5.74, 6) is 0. The van der Waals surface area contributed by atoms with Crippen molar-refractivity contribution < 1.29 is 0 Å². The first kappa shape index (κ1) is 9.09. The van der Waals surface area contributed by atoms with Crippen LogP contribution in [0.1, 0.15) is 12.8 Å². The molecule has 0 radical (unpaired) electrons. The Hall–Kier alpha value is -0.480. The molecule has 4 heteroatoms. The quantitative estimate of drug-likeness (QED) is 0.774. The zero-order valence-corrected chi connectivity index (χ0v) is 8.68. The Morgan fingerprint density at radius 1 is 1.54 bits per heavy atom. The second kappa shape index (κ2) is 4.15. The standard InChI is InChI=1S/C9H15N3S/c1-12-7-9(6-11-12)13-8-2-4-10-5-3-8/h6-8,10H,2-5H2,1H3. The van der Waals surface area contributed by atoms with E-state index < -0.39 is 0 Å². The van der Waals surface area contributed by atoms with Crippen molar-refractivity contribution in [2.45, 2.75) is 23.0 Å². The van der Waals surface area contributed by atoms with Gasteiger partial charge in [-0.2, -0.15) is 5.10 Å². The number of nitrogens with zero attached hydrogens (tertiary/aromatic N) is 2. The van der Waals surface area contributed by atoms with Crippen LogP contribution in [0.5, 0.6) is 0 Å². The van der Waals surface area contributed by atoms with Gasteiger partial charge in [0.05, 0.1) is 6.20 Å². The topological polar surface area (TPSA) is 29.9 Å². The summed E-state index contributed by atoms with van der Waals surface area (Å²) in [6.45, 7) is 2.33. The van der Waals surface area contributed by atoms with Crippen molar-refractivity contribution in [3.63, 3.8) is 0 Å². The monoisotopic (exact) mass is 197 g/mol. The van der Waals surface area contributed by atoms with Crippen LogP contribution in [0.25, 0.3) is 0 Å². The van der Waals surface area contributed by atoms with Crippen molar-refractivity contribution in [3.05, 3.63) is 12.4 Å². The van der Waals surface area contributed by atoms with E-state index in [4.69, 9.17) is 0 Å². The Morgan fingerprint density at radius 3 is 2.92 bits per heavy atom. The largest absolute Gasteiger partial charge is 0.317 e. The molecule has 1 fully saturated rings. The van der Waals surface area contributed by atoms with Crippen LogP contribution in [0.4, 0.5) is 0 Å². The van der Waals surface area contributed by atoms with Crippen LogP contribution in [-0.2, 0) is 7.05 Å². The van der Waals surface area contributed by atoms with Gasteiger partial charge >= 0.3 is 0 Å². The Morgan fingerprint density at radius 2 is 2.31 bits per heavy atom. The third-order valence-corrected chi connectivity index (χ3v) is 3.56. The van der Waals surface area contributed by atoms with E-state index in [2.05, 4.69) is 16.6 Å². The van der Waals surface area contributed by atoms with Crippen LogP contribution in [0.3, 0.4) is 0 Å². The van der Waals surface area contributed by atoms with Gasteiger partial charge in [-0.05, 0) is 25.9 Å².